The summed E-state index contributed by atoms with van der Waals surface area (Å²) in [7, 11) is 1.39. The molecule has 0 bridgehead atoms. The molecule has 1 N–H and O–H groups in total. The Morgan fingerprint density at radius 1 is 1.35 bits per heavy atom. The number of rotatable bonds is 4. The molecule has 1 unspecified atom stereocenters. The monoisotopic (exact) mass is 309 g/mol. The van der Waals surface area contributed by atoms with Crippen LogP contribution in [0, 0.1) is 13.8 Å². The lowest BCUT2D eigenvalue weighted by Crippen LogP contribution is -2.22. The first kappa shape index (κ1) is 14.9. The Kier molecular flexibility index (Phi) is 4.68. The number of thiophene rings is 1. The average molecular weight is 310 g/mol. The SMILES string of the molecule is COC(=O)C(Nc1ccccc1Cl)c1cc(C)sc1C. The number of nitrogens with one attached hydrogen (secondary N) is 1. The molecule has 0 aliphatic heterocycles. The van der Waals surface area contributed by atoms with E-state index in [4.69, 9.17) is 16.3 Å². The highest BCUT2D eigenvalue weighted by molar-refractivity contribution is 7.12. The van der Waals surface area contributed by atoms with E-state index in [2.05, 4.69) is 5.32 Å². The Labute approximate surface area is 127 Å². The predicted octanol–water partition coefficient (Wildman–Crippen LogP) is 4.34. The minimum absolute atomic E-state index is 0.328. The lowest BCUT2D eigenvalue weighted by atomic mass is 10.1. The zero-order chi connectivity index (χ0) is 14.7. The van der Waals surface area contributed by atoms with Crippen LogP contribution >= 0.6 is 22.9 Å². The summed E-state index contributed by atoms with van der Waals surface area (Å²) < 4.78 is 4.90. The van der Waals surface area contributed by atoms with E-state index in [1.807, 2.05) is 38.1 Å². The predicted molar refractivity (Wildman–Crippen MR) is 83.6 cm³/mol. The summed E-state index contributed by atoms with van der Waals surface area (Å²) >= 11 is 7.80. The van der Waals surface area contributed by atoms with Crippen LogP contribution in [0.5, 0.6) is 0 Å². The van der Waals surface area contributed by atoms with Crippen molar-refractivity contribution in [1.82, 2.24) is 0 Å². The van der Waals surface area contributed by atoms with Gasteiger partial charge in [0.15, 0.2) is 6.04 Å². The number of hydrogen-bond donors (Lipinski definition) is 1. The van der Waals surface area contributed by atoms with Crippen LogP contribution in [-0.4, -0.2) is 13.1 Å². The van der Waals surface area contributed by atoms with Crippen molar-refractivity contribution in [2.75, 3.05) is 12.4 Å². The summed E-state index contributed by atoms with van der Waals surface area (Å²) in [5.41, 5.74) is 1.65. The smallest absolute Gasteiger partial charge is 0.333 e. The number of anilines is 1. The van der Waals surface area contributed by atoms with Crippen molar-refractivity contribution in [3.63, 3.8) is 0 Å². The number of carbonyl (C=O) groups excluding carboxylic acids is 1. The van der Waals surface area contributed by atoms with Crippen LogP contribution in [-0.2, 0) is 9.53 Å². The third-order valence-corrected chi connectivity index (χ3v) is 4.31. The van der Waals surface area contributed by atoms with Crippen LogP contribution in [0.1, 0.15) is 21.4 Å². The van der Waals surface area contributed by atoms with Crippen LogP contribution in [0.15, 0.2) is 30.3 Å². The Bertz CT molecular complexity index is 624. The molecule has 0 saturated carbocycles. The minimum atomic E-state index is -0.551. The third kappa shape index (κ3) is 3.14. The first-order chi connectivity index (χ1) is 9.52. The second-order valence-electron chi connectivity index (χ2n) is 4.45. The molecule has 1 aromatic carbocycles. The summed E-state index contributed by atoms with van der Waals surface area (Å²) in [5.74, 6) is -0.328. The highest BCUT2D eigenvalue weighted by atomic mass is 35.5. The number of halogens is 1. The highest BCUT2D eigenvalue weighted by Crippen LogP contribution is 2.31. The quantitative estimate of drug-likeness (QED) is 0.854. The lowest BCUT2D eigenvalue weighted by Gasteiger charge is -2.18. The maximum atomic E-state index is 12.1. The molecular formula is C15H16ClNO2S. The molecule has 3 nitrogen and oxygen atoms in total. The van der Waals surface area contributed by atoms with Gasteiger partial charge in [0.25, 0.3) is 0 Å². The zero-order valence-electron chi connectivity index (χ0n) is 11.6. The van der Waals surface area contributed by atoms with E-state index < -0.39 is 6.04 Å². The maximum absolute atomic E-state index is 12.1. The van der Waals surface area contributed by atoms with Gasteiger partial charge in [-0.1, -0.05) is 23.7 Å². The Morgan fingerprint density at radius 2 is 2.05 bits per heavy atom. The minimum Gasteiger partial charge on any atom is -0.467 e. The van der Waals surface area contributed by atoms with Gasteiger partial charge in [-0.2, -0.15) is 0 Å². The van der Waals surface area contributed by atoms with Crippen molar-refractivity contribution in [3.8, 4) is 0 Å². The number of esters is 1. The van der Waals surface area contributed by atoms with Crippen molar-refractivity contribution in [2.24, 2.45) is 0 Å². The van der Waals surface area contributed by atoms with E-state index in [9.17, 15) is 4.79 Å². The normalized spacial score (nSPS) is 12.0. The largest absolute Gasteiger partial charge is 0.467 e. The van der Waals surface area contributed by atoms with Crippen molar-refractivity contribution in [1.29, 1.82) is 0 Å². The summed E-state index contributed by atoms with van der Waals surface area (Å²) in [6.45, 7) is 4.02. The molecule has 2 aromatic rings. The number of benzene rings is 1. The summed E-state index contributed by atoms with van der Waals surface area (Å²) in [6.07, 6.45) is 0. The van der Waals surface area contributed by atoms with Crippen molar-refractivity contribution < 1.29 is 9.53 Å². The molecule has 2 rings (SSSR count). The van der Waals surface area contributed by atoms with Gasteiger partial charge in [-0.15, -0.1) is 11.3 Å². The fourth-order valence-corrected chi connectivity index (χ4v) is 3.21. The van der Waals surface area contributed by atoms with Gasteiger partial charge in [0.2, 0.25) is 0 Å². The van der Waals surface area contributed by atoms with Crippen LogP contribution in [0.4, 0.5) is 5.69 Å². The fraction of sp³-hybridized carbons (Fsp3) is 0.267. The Morgan fingerprint density at radius 3 is 2.60 bits per heavy atom. The molecule has 0 radical (unpaired) electrons. The molecule has 0 aliphatic rings. The van der Waals surface area contributed by atoms with Crippen LogP contribution in [0.2, 0.25) is 5.02 Å². The first-order valence-corrected chi connectivity index (χ1v) is 7.38. The average Bonchev–Trinajstić information content (AvgIpc) is 2.76. The summed E-state index contributed by atoms with van der Waals surface area (Å²) in [5, 5.41) is 3.74. The highest BCUT2D eigenvalue weighted by Gasteiger charge is 2.25. The van der Waals surface area contributed by atoms with Crippen molar-refractivity contribution >= 4 is 34.6 Å². The molecule has 1 heterocycles. The van der Waals surface area contributed by atoms with E-state index in [1.165, 1.54) is 7.11 Å². The molecule has 1 aromatic heterocycles. The molecule has 5 heteroatoms. The number of carbonyl (C=O) groups is 1. The first-order valence-electron chi connectivity index (χ1n) is 6.18. The van der Waals surface area contributed by atoms with Gasteiger partial charge >= 0.3 is 5.97 Å². The molecule has 0 spiro atoms. The standard InChI is InChI=1S/C15H16ClNO2S/c1-9-8-11(10(2)20-9)14(15(18)19-3)17-13-7-5-4-6-12(13)16/h4-8,14,17H,1-3H3. The van der Waals surface area contributed by atoms with E-state index in [-0.39, 0.29) is 5.97 Å². The molecule has 0 saturated heterocycles. The number of methoxy groups -OCH3 is 1. The van der Waals surface area contributed by atoms with Gasteiger partial charge in [0.05, 0.1) is 17.8 Å². The van der Waals surface area contributed by atoms with Crippen molar-refractivity contribution in [2.45, 2.75) is 19.9 Å². The molecule has 0 amide bonds. The van der Waals surface area contributed by atoms with Gasteiger partial charge in [-0.3, -0.25) is 0 Å². The van der Waals surface area contributed by atoms with Crippen LogP contribution < -0.4 is 5.32 Å². The molecular weight excluding hydrogens is 294 g/mol. The van der Waals surface area contributed by atoms with E-state index in [0.717, 1.165) is 15.3 Å². The van der Waals surface area contributed by atoms with Gasteiger partial charge in [-0.25, -0.2) is 4.79 Å². The van der Waals surface area contributed by atoms with Gasteiger partial charge in [0, 0.05) is 9.75 Å². The second-order valence-corrected chi connectivity index (χ2v) is 6.32. The Balaban J connectivity index is 2.37. The van der Waals surface area contributed by atoms with Gasteiger partial charge < -0.3 is 10.1 Å². The molecule has 20 heavy (non-hydrogen) atoms. The lowest BCUT2D eigenvalue weighted by molar-refractivity contribution is -0.141. The topological polar surface area (TPSA) is 38.3 Å². The van der Waals surface area contributed by atoms with E-state index in [1.54, 1.807) is 17.4 Å². The summed E-state index contributed by atoms with van der Waals surface area (Å²) in [4.78, 5) is 14.3. The van der Waals surface area contributed by atoms with E-state index in [0.29, 0.717) is 10.7 Å². The van der Waals surface area contributed by atoms with Gasteiger partial charge in [0.1, 0.15) is 0 Å². The number of ether oxygens (including phenoxy) is 1. The third-order valence-electron chi connectivity index (χ3n) is 3.00. The zero-order valence-corrected chi connectivity index (χ0v) is 13.1. The van der Waals surface area contributed by atoms with E-state index >= 15 is 0 Å². The number of hydrogen-bond acceptors (Lipinski definition) is 4. The van der Waals surface area contributed by atoms with Crippen LogP contribution in [0.25, 0.3) is 0 Å². The fourth-order valence-electron chi connectivity index (χ4n) is 2.05. The second kappa shape index (κ2) is 6.29. The van der Waals surface area contributed by atoms with Crippen molar-refractivity contribution in [3.05, 3.63) is 50.7 Å². The molecule has 0 aliphatic carbocycles. The summed E-state index contributed by atoms with van der Waals surface area (Å²) in [6, 6.07) is 8.79. The molecule has 106 valence electrons. The molecule has 0 fully saturated rings. The number of aryl methyl sites for hydroxylation is 2. The maximum Gasteiger partial charge on any atom is 0.333 e. The number of para-hydroxylation sites is 1. The Hall–Kier alpha value is -1.52. The van der Waals surface area contributed by atoms with Crippen LogP contribution in [0.3, 0.4) is 0 Å². The van der Waals surface area contributed by atoms with Gasteiger partial charge in [-0.05, 0) is 37.6 Å². The molecule has 1 atom stereocenters.